The lowest BCUT2D eigenvalue weighted by Gasteiger charge is -2.19. The molecule has 0 aliphatic rings. The van der Waals surface area contributed by atoms with Crippen molar-refractivity contribution in [2.24, 2.45) is 0 Å². The number of nitrogens with one attached hydrogen (secondary N) is 2. The van der Waals surface area contributed by atoms with Crippen LogP contribution in [-0.2, 0) is 31.9 Å². The Morgan fingerprint density at radius 1 is 0.886 bits per heavy atom. The average Bonchev–Trinajstić information content (AvgIpc) is 3.50. The number of nitrogens with zero attached hydrogens (tertiary/aromatic N) is 2. The van der Waals surface area contributed by atoms with Gasteiger partial charge >= 0.3 is 11.9 Å². The lowest BCUT2D eigenvalue weighted by atomic mass is 10.0. The zero-order valence-corrected chi connectivity index (χ0v) is 25.5. The van der Waals surface area contributed by atoms with Gasteiger partial charge in [0.05, 0.1) is 13.2 Å². The van der Waals surface area contributed by atoms with Gasteiger partial charge in [-0.2, -0.15) is 4.98 Å². The molecule has 10 nitrogen and oxygen atoms in total. The first-order valence-corrected chi connectivity index (χ1v) is 14.6. The van der Waals surface area contributed by atoms with Crippen molar-refractivity contribution in [3.05, 3.63) is 95.6 Å². The first-order chi connectivity index (χ1) is 21.1. The van der Waals surface area contributed by atoms with Crippen LogP contribution in [0.15, 0.2) is 83.4 Å². The highest BCUT2D eigenvalue weighted by Gasteiger charge is 2.23. The second-order valence-corrected chi connectivity index (χ2v) is 11.2. The molecule has 1 amide bonds. The Morgan fingerprint density at radius 2 is 1.57 bits per heavy atom. The fourth-order valence-corrected chi connectivity index (χ4v) is 4.37. The summed E-state index contributed by atoms with van der Waals surface area (Å²) >= 11 is 0. The smallest absolute Gasteiger partial charge is 0.328 e. The number of esters is 2. The molecule has 3 aromatic carbocycles. The van der Waals surface area contributed by atoms with Crippen LogP contribution in [0.4, 0.5) is 0 Å². The quantitative estimate of drug-likeness (QED) is 0.165. The van der Waals surface area contributed by atoms with Gasteiger partial charge in [-0.1, -0.05) is 59.8 Å². The van der Waals surface area contributed by atoms with Crippen molar-refractivity contribution in [3.63, 3.8) is 0 Å². The van der Waals surface area contributed by atoms with E-state index in [0.29, 0.717) is 35.8 Å². The molecule has 10 heteroatoms. The van der Waals surface area contributed by atoms with E-state index in [4.69, 9.17) is 14.0 Å². The molecular weight excluding hydrogens is 560 g/mol. The lowest BCUT2D eigenvalue weighted by molar-refractivity contribution is -0.153. The van der Waals surface area contributed by atoms with E-state index in [2.05, 4.69) is 20.8 Å². The summed E-state index contributed by atoms with van der Waals surface area (Å²) in [5.41, 5.74) is 3.34. The summed E-state index contributed by atoms with van der Waals surface area (Å²) in [6, 6.07) is 23.2. The number of hydrogen-bond acceptors (Lipinski definition) is 9. The average molecular weight is 599 g/mol. The second kappa shape index (κ2) is 15.1. The van der Waals surface area contributed by atoms with Crippen molar-refractivity contribution in [3.8, 4) is 22.8 Å². The third kappa shape index (κ3) is 9.60. The summed E-state index contributed by atoms with van der Waals surface area (Å²) in [4.78, 5) is 41.8. The lowest BCUT2D eigenvalue weighted by Crippen LogP contribution is -2.43. The molecular formula is C34H38N4O6. The Bertz CT molecular complexity index is 1530. The fraction of sp³-hybridized carbons (Fsp3) is 0.324. The van der Waals surface area contributed by atoms with Crippen molar-refractivity contribution in [1.29, 1.82) is 0 Å². The van der Waals surface area contributed by atoms with Crippen molar-refractivity contribution in [2.45, 2.75) is 52.2 Å². The Labute approximate surface area is 257 Å². The van der Waals surface area contributed by atoms with Crippen LogP contribution in [-0.4, -0.2) is 59.3 Å². The Kier molecular flexibility index (Phi) is 11.0. The number of hydrogen-bond donors (Lipinski definition) is 2. The van der Waals surface area contributed by atoms with Crippen LogP contribution in [0.2, 0.25) is 0 Å². The topological polar surface area (TPSA) is 133 Å². The van der Waals surface area contributed by atoms with Crippen molar-refractivity contribution < 1.29 is 28.4 Å². The Hall–Kier alpha value is -4.83. The van der Waals surface area contributed by atoms with E-state index in [0.717, 1.165) is 23.1 Å². The number of benzene rings is 3. The zero-order chi connectivity index (χ0) is 31.5. The van der Waals surface area contributed by atoms with Crippen LogP contribution < -0.4 is 10.6 Å². The van der Waals surface area contributed by atoms with Gasteiger partial charge in [0.15, 0.2) is 0 Å². The van der Waals surface area contributed by atoms with E-state index in [1.807, 2.05) is 75.4 Å². The van der Waals surface area contributed by atoms with Crippen LogP contribution in [0.25, 0.3) is 22.8 Å². The summed E-state index contributed by atoms with van der Waals surface area (Å²) in [5.74, 6) is -0.395. The van der Waals surface area contributed by atoms with Gasteiger partial charge in [0, 0.05) is 23.1 Å². The molecule has 0 saturated carbocycles. The van der Waals surface area contributed by atoms with Gasteiger partial charge in [-0.05, 0) is 76.1 Å². The number of ether oxygens (including phenoxy) is 2. The Morgan fingerprint density at radius 3 is 2.23 bits per heavy atom. The second-order valence-electron chi connectivity index (χ2n) is 11.2. The van der Waals surface area contributed by atoms with E-state index in [1.165, 1.54) is 0 Å². The number of carbonyl (C=O) groups is 3. The van der Waals surface area contributed by atoms with Crippen LogP contribution >= 0.6 is 0 Å². The highest BCUT2D eigenvalue weighted by atomic mass is 16.6. The van der Waals surface area contributed by atoms with Gasteiger partial charge in [-0.25, -0.2) is 4.79 Å². The SMILES string of the molecule is CCOC(=O)[C@H](Cc1ccccc1)NC(=O)c1ccc(-c2noc(-c3ccc(CCNCC(=O)OC(C)(C)C)cc3)n2)cc1. The molecule has 230 valence electrons. The molecule has 0 saturated heterocycles. The van der Waals surface area contributed by atoms with Gasteiger partial charge in [0.25, 0.3) is 11.8 Å². The molecule has 0 aliphatic carbocycles. The molecule has 1 atom stereocenters. The highest BCUT2D eigenvalue weighted by Crippen LogP contribution is 2.23. The molecule has 1 heterocycles. The van der Waals surface area contributed by atoms with Crippen molar-refractivity contribution in [2.75, 3.05) is 19.7 Å². The fourth-order valence-electron chi connectivity index (χ4n) is 4.37. The molecule has 0 fully saturated rings. The first-order valence-electron chi connectivity index (χ1n) is 14.6. The molecule has 0 radical (unpaired) electrons. The number of carbonyl (C=O) groups excluding carboxylic acids is 3. The van der Waals surface area contributed by atoms with Crippen LogP contribution in [0, 0.1) is 0 Å². The molecule has 1 aromatic heterocycles. The molecule has 0 unspecified atom stereocenters. The number of amides is 1. The predicted molar refractivity (Wildman–Crippen MR) is 166 cm³/mol. The molecule has 4 aromatic rings. The minimum Gasteiger partial charge on any atom is -0.464 e. The number of rotatable bonds is 13. The third-order valence-corrected chi connectivity index (χ3v) is 6.47. The summed E-state index contributed by atoms with van der Waals surface area (Å²) in [7, 11) is 0. The van der Waals surface area contributed by atoms with E-state index < -0.39 is 17.6 Å². The zero-order valence-electron chi connectivity index (χ0n) is 25.5. The minimum atomic E-state index is -0.816. The molecule has 44 heavy (non-hydrogen) atoms. The summed E-state index contributed by atoms with van der Waals surface area (Å²) < 4.78 is 16.0. The molecule has 0 spiro atoms. The predicted octanol–water partition coefficient (Wildman–Crippen LogP) is 4.78. The molecule has 2 N–H and O–H groups in total. The monoisotopic (exact) mass is 598 g/mol. The van der Waals surface area contributed by atoms with Gasteiger partial charge in [-0.15, -0.1) is 0 Å². The van der Waals surface area contributed by atoms with E-state index in [9.17, 15) is 14.4 Å². The molecule has 0 aliphatic heterocycles. The summed E-state index contributed by atoms with van der Waals surface area (Å²) in [6.07, 6.45) is 1.06. The largest absolute Gasteiger partial charge is 0.464 e. The molecule has 4 rings (SSSR count). The van der Waals surface area contributed by atoms with Gasteiger partial charge in [-0.3, -0.25) is 9.59 Å². The van der Waals surface area contributed by atoms with Gasteiger partial charge in [0.2, 0.25) is 5.82 Å². The Balaban J connectivity index is 1.32. The molecule has 0 bridgehead atoms. The minimum absolute atomic E-state index is 0.161. The van der Waals surface area contributed by atoms with Crippen molar-refractivity contribution in [1.82, 2.24) is 20.8 Å². The maximum absolute atomic E-state index is 13.0. The summed E-state index contributed by atoms with van der Waals surface area (Å²) in [6.45, 7) is 8.27. The van der Waals surface area contributed by atoms with Crippen LogP contribution in [0.1, 0.15) is 49.2 Å². The van der Waals surface area contributed by atoms with E-state index in [-0.39, 0.29) is 25.0 Å². The first kappa shape index (κ1) is 32.1. The maximum Gasteiger partial charge on any atom is 0.328 e. The van der Waals surface area contributed by atoms with Gasteiger partial charge in [0.1, 0.15) is 11.6 Å². The van der Waals surface area contributed by atoms with Gasteiger partial charge < -0.3 is 24.6 Å². The normalized spacial score (nSPS) is 11.9. The van der Waals surface area contributed by atoms with Crippen LogP contribution in [0.5, 0.6) is 0 Å². The maximum atomic E-state index is 13.0. The third-order valence-electron chi connectivity index (χ3n) is 6.47. The van der Waals surface area contributed by atoms with Crippen LogP contribution in [0.3, 0.4) is 0 Å². The van der Waals surface area contributed by atoms with E-state index >= 15 is 0 Å². The highest BCUT2D eigenvalue weighted by molar-refractivity contribution is 5.97. The summed E-state index contributed by atoms with van der Waals surface area (Å²) in [5, 5.41) is 10.00. The van der Waals surface area contributed by atoms with Crippen molar-refractivity contribution >= 4 is 17.8 Å². The number of aromatic nitrogens is 2. The van der Waals surface area contributed by atoms with E-state index in [1.54, 1.807) is 31.2 Å². The standard InChI is InChI=1S/C34H38N4O6/c1-5-42-33(41)28(21-24-9-7-6-8-10-24)36-31(40)26-17-15-25(16-18-26)30-37-32(44-38-30)27-13-11-23(12-14-27)19-20-35-22-29(39)43-34(2,3)4/h6-18,28,35H,5,19-22H2,1-4H3,(H,36,40)/t28-/m0/s1.